The zero-order valence-electron chi connectivity index (χ0n) is 6.66. The first-order valence-corrected chi connectivity index (χ1v) is 6.67. The zero-order chi connectivity index (χ0) is 10.3. The van der Waals surface area contributed by atoms with Crippen molar-refractivity contribution in [2.45, 2.75) is 4.90 Å². The lowest BCUT2D eigenvalue weighted by Crippen LogP contribution is -1.89. The molecule has 0 saturated heterocycles. The van der Waals surface area contributed by atoms with E-state index in [4.69, 9.17) is 10.7 Å². The molecule has 0 aliphatic carbocycles. The molecule has 1 aromatic heterocycles. The summed E-state index contributed by atoms with van der Waals surface area (Å²) >= 11 is 3.15. The van der Waals surface area contributed by atoms with Gasteiger partial charge in [0.2, 0.25) is 0 Å². The number of rotatable bonds is 1. The van der Waals surface area contributed by atoms with Crippen LogP contribution in [0.4, 0.5) is 0 Å². The average Bonchev–Trinajstić information content (AvgIpc) is 2.41. The van der Waals surface area contributed by atoms with Crippen LogP contribution in [0, 0.1) is 0 Å². The van der Waals surface area contributed by atoms with E-state index in [0.717, 1.165) is 0 Å². The van der Waals surface area contributed by atoms with Gasteiger partial charge in [0.05, 0.1) is 15.9 Å². The summed E-state index contributed by atoms with van der Waals surface area (Å²) in [5.41, 5.74) is 1.31. The lowest BCUT2D eigenvalue weighted by atomic mass is 10.3. The first-order chi connectivity index (χ1) is 6.47. The molecular weight excluding hydrogens is 292 g/mol. The number of benzene rings is 1. The molecule has 0 saturated carbocycles. The predicted molar refractivity (Wildman–Crippen MR) is 56.8 cm³/mol. The maximum absolute atomic E-state index is 11.0. The molecule has 1 N–H and O–H groups in total. The predicted octanol–water partition coefficient (Wildman–Crippen LogP) is 2.25. The minimum atomic E-state index is -3.68. The van der Waals surface area contributed by atoms with Crippen molar-refractivity contribution in [3.05, 3.63) is 22.9 Å². The minimum absolute atomic E-state index is 0.0582. The van der Waals surface area contributed by atoms with Crippen LogP contribution in [0.2, 0.25) is 0 Å². The number of aromatic amines is 1. The Morgan fingerprint density at radius 3 is 2.79 bits per heavy atom. The van der Waals surface area contributed by atoms with Gasteiger partial charge in [-0.1, -0.05) is 0 Å². The second-order valence-electron chi connectivity index (χ2n) is 2.64. The molecule has 2 aromatic rings. The van der Waals surface area contributed by atoms with E-state index in [-0.39, 0.29) is 4.90 Å². The fourth-order valence-corrected chi connectivity index (χ4v) is 2.29. The van der Waals surface area contributed by atoms with Crippen molar-refractivity contribution < 1.29 is 8.42 Å². The zero-order valence-corrected chi connectivity index (χ0v) is 9.82. The lowest BCUT2D eigenvalue weighted by Gasteiger charge is -1.94. The van der Waals surface area contributed by atoms with Crippen LogP contribution in [0.25, 0.3) is 11.0 Å². The highest BCUT2D eigenvalue weighted by Gasteiger charge is 2.11. The Kier molecular flexibility index (Phi) is 2.29. The summed E-state index contributed by atoms with van der Waals surface area (Å²) in [5.74, 6) is 0. The standard InChI is InChI=1S/C7H4BrClN2O2S/c8-7-10-5-2-1-4(14(9,12)13)3-6(5)11-7/h1-3H,(H,10,11). The number of H-pyrrole nitrogens is 1. The van der Waals surface area contributed by atoms with E-state index < -0.39 is 9.05 Å². The number of fused-ring (bicyclic) bond motifs is 1. The molecule has 0 aliphatic heterocycles. The summed E-state index contributed by atoms with van der Waals surface area (Å²) in [6.45, 7) is 0. The first-order valence-electron chi connectivity index (χ1n) is 3.57. The van der Waals surface area contributed by atoms with E-state index in [2.05, 4.69) is 25.9 Å². The topological polar surface area (TPSA) is 62.8 Å². The lowest BCUT2D eigenvalue weighted by molar-refractivity contribution is 0.609. The number of aromatic nitrogens is 2. The third-order valence-corrected chi connectivity index (χ3v) is 3.43. The Bertz CT molecular complexity index is 593. The van der Waals surface area contributed by atoms with E-state index in [0.29, 0.717) is 15.8 Å². The summed E-state index contributed by atoms with van der Waals surface area (Å²) in [5, 5.41) is 0. The van der Waals surface area contributed by atoms with Crippen molar-refractivity contribution in [2.75, 3.05) is 0 Å². The highest BCUT2D eigenvalue weighted by Crippen LogP contribution is 2.21. The molecule has 7 heteroatoms. The van der Waals surface area contributed by atoms with Gasteiger partial charge in [-0.05, 0) is 34.1 Å². The molecule has 0 atom stereocenters. The molecule has 1 heterocycles. The van der Waals surface area contributed by atoms with Crippen LogP contribution in [-0.2, 0) is 9.05 Å². The van der Waals surface area contributed by atoms with Crippen LogP contribution in [0.1, 0.15) is 0 Å². The third kappa shape index (κ3) is 1.77. The van der Waals surface area contributed by atoms with Crippen LogP contribution in [0.15, 0.2) is 27.8 Å². The second-order valence-corrected chi connectivity index (χ2v) is 5.96. The van der Waals surface area contributed by atoms with Gasteiger partial charge >= 0.3 is 0 Å². The third-order valence-electron chi connectivity index (χ3n) is 1.71. The molecule has 14 heavy (non-hydrogen) atoms. The van der Waals surface area contributed by atoms with Crippen LogP contribution < -0.4 is 0 Å². The van der Waals surface area contributed by atoms with Gasteiger partial charge in [-0.15, -0.1) is 0 Å². The molecule has 0 unspecified atom stereocenters. The molecule has 1 aromatic carbocycles. The Balaban J connectivity index is 2.74. The molecule has 74 valence electrons. The number of imidazole rings is 1. The molecule has 0 bridgehead atoms. The maximum Gasteiger partial charge on any atom is 0.261 e. The van der Waals surface area contributed by atoms with Gasteiger partial charge in [-0.25, -0.2) is 13.4 Å². The van der Waals surface area contributed by atoms with Crippen molar-refractivity contribution in [3.63, 3.8) is 0 Å². The molecular formula is C7H4BrClN2O2S. The minimum Gasteiger partial charge on any atom is -0.332 e. The van der Waals surface area contributed by atoms with E-state index >= 15 is 0 Å². The van der Waals surface area contributed by atoms with Gasteiger partial charge in [0.25, 0.3) is 9.05 Å². The van der Waals surface area contributed by atoms with Gasteiger partial charge in [-0.2, -0.15) is 0 Å². The van der Waals surface area contributed by atoms with Gasteiger partial charge in [-0.3, -0.25) is 0 Å². The molecule has 0 aliphatic rings. The van der Waals surface area contributed by atoms with E-state index in [9.17, 15) is 8.42 Å². The van der Waals surface area contributed by atoms with Gasteiger partial charge in [0, 0.05) is 10.7 Å². The Morgan fingerprint density at radius 2 is 2.14 bits per heavy atom. The molecule has 0 fully saturated rings. The first kappa shape index (κ1) is 9.95. The fraction of sp³-hybridized carbons (Fsp3) is 0. The average molecular weight is 296 g/mol. The van der Waals surface area contributed by atoms with Gasteiger partial charge in [0.15, 0.2) is 4.73 Å². The summed E-state index contributed by atoms with van der Waals surface area (Å²) in [6, 6.07) is 4.44. The fourth-order valence-electron chi connectivity index (χ4n) is 1.11. The second kappa shape index (κ2) is 3.22. The monoisotopic (exact) mass is 294 g/mol. The van der Waals surface area contributed by atoms with E-state index in [1.807, 2.05) is 0 Å². The molecule has 0 radical (unpaired) electrons. The van der Waals surface area contributed by atoms with Crippen molar-refractivity contribution in [2.24, 2.45) is 0 Å². The Hall–Kier alpha value is -0.590. The van der Waals surface area contributed by atoms with E-state index in [1.165, 1.54) is 12.1 Å². The molecule has 0 amide bonds. The maximum atomic E-state index is 11.0. The highest BCUT2D eigenvalue weighted by molar-refractivity contribution is 9.10. The summed E-state index contributed by atoms with van der Waals surface area (Å²) in [4.78, 5) is 6.97. The van der Waals surface area contributed by atoms with Crippen LogP contribution in [0.3, 0.4) is 0 Å². The van der Waals surface area contributed by atoms with Gasteiger partial charge in [0.1, 0.15) is 0 Å². The number of halogens is 2. The summed E-state index contributed by atoms with van der Waals surface area (Å²) in [6.07, 6.45) is 0. The molecule has 4 nitrogen and oxygen atoms in total. The Morgan fingerprint density at radius 1 is 1.43 bits per heavy atom. The Labute approximate surface area is 92.8 Å². The largest absolute Gasteiger partial charge is 0.332 e. The van der Waals surface area contributed by atoms with E-state index in [1.54, 1.807) is 6.07 Å². The SMILES string of the molecule is O=S(=O)(Cl)c1ccc2nc(Br)[nH]c2c1. The summed E-state index contributed by atoms with van der Waals surface area (Å²) < 4.78 is 22.6. The normalized spacial score (nSPS) is 12.1. The van der Waals surface area contributed by atoms with Crippen LogP contribution in [-0.4, -0.2) is 18.4 Å². The van der Waals surface area contributed by atoms with Crippen LogP contribution >= 0.6 is 26.6 Å². The van der Waals surface area contributed by atoms with Crippen molar-refractivity contribution >= 4 is 46.7 Å². The number of hydrogen-bond acceptors (Lipinski definition) is 3. The quantitative estimate of drug-likeness (QED) is 0.821. The number of nitrogens with zero attached hydrogens (tertiary/aromatic N) is 1. The summed E-state index contributed by atoms with van der Waals surface area (Å²) in [7, 11) is 1.52. The molecule has 0 spiro atoms. The van der Waals surface area contributed by atoms with Crippen LogP contribution in [0.5, 0.6) is 0 Å². The smallest absolute Gasteiger partial charge is 0.261 e. The van der Waals surface area contributed by atoms with Crippen molar-refractivity contribution in [1.82, 2.24) is 9.97 Å². The number of hydrogen-bond donors (Lipinski definition) is 1. The van der Waals surface area contributed by atoms with Crippen molar-refractivity contribution in [1.29, 1.82) is 0 Å². The molecule has 2 rings (SSSR count). The van der Waals surface area contributed by atoms with Gasteiger partial charge < -0.3 is 4.98 Å². The number of nitrogens with one attached hydrogen (secondary N) is 1. The van der Waals surface area contributed by atoms with Crippen molar-refractivity contribution in [3.8, 4) is 0 Å². The highest BCUT2D eigenvalue weighted by atomic mass is 79.9.